The number of likely N-dealkylation sites (tertiary alicyclic amines) is 1. The number of aliphatic imine (C=N–C) groups is 1. The maximum atomic E-state index is 12.0. The van der Waals surface area contributed by atoms with Crippen LogP contribution < -0.4 is 16.0 Å². The van der Waals surface area contributed by atoms with Crippen LogP contribution in [-0.4, -0.2) is 55.5 Å². The van der Waals surface area contributed by atoms with E-state index < -0.39 is 0 Å². The number of carbonyl (C=O) groups excluding carboxylic acids is 1. The minimum absolute atomic E-state index is 0.110. The first kappa shape index (κ1) is 19.2. The number of hydrogen-bond donors (Lipinski definition) is 3. The SMILES string of the molecule is CCCN1CCC(NC(=NCC(=O)Nc2ccccc2)NCC)CC1. The summed E-state index contributed by atoms with van der Waals surface area (Å²) < 4.78 is 0. The zero-order valence-electron chi connectivity index (χ0n) is 15.4. The molecule has 0 aliphatic carbocycles. The number of nitrogens with one attached hydrogen (secondary N) is 3. The van der Waals surface area contributed by atoms with Gasteiger partial charge in [0.2, 0.25) is 5.91 Å². The Morgan fingerprint density at radius 2 is 1.92 bits per heavy atom. The zero-order chi connectivity index (χ0) is 17.9. The second-order valence-electron chi connectivity index (χ2n) is 6.37. The maximum absolute atomic E-state index is 12.0. The summed E-state index contributed by atoms with van der Waals surface area (Å²) >= 11 is 0. The summed E-state index contributed by atoms with van der Waals surface area (Å²) in [6.07, 6.45) is 3.43. The number of rotatable bonds is 7. The van der Waals surface area contributed by atoms with Crippen molar-refractivity contribution in [1.82, 2.24) is 15.5 Å². The Bertz CT molecular complexity index is 538. The van der Waals surface area contributed by atoms with Crippen LogP contribution in [0.2, 0.25) is 0 Å². The summed E-state index contributed by atoms with van der Waals surface area (Å²) in [4.78, 5) is 19.0. The van der Waals surface area contributed by atoms with Gasteiger partial charge in [-0.3, -0.25) is 4.79 Å². The Balaban J connectivity index is 1.81. The average Bonchev–Trinajstić information content (AvgIpc) is 2.63. The van der Waals surface area contributed by atoms with Gasteiger partial charge >= 0.3 is 0 Å². The van der Waals surface area contributed by atoms with Gasteiger partial charge in [-0.05, 0) is 44.9 Å². The Morgan fingerprint density at radius 1 is 1.20 bits per heavy atom. The Kier molecular flexibility index (Phi) is 8.25. The van der Waals surface area contributed by atoms with E-state index in [0.717, 1.165) is 44.1 Å². The molecule has 1 fully saturated rings. The van der Waals surface area contributed by atoms with Crippen molar-refractivity contribution >= 4 is 17.6 Å². The van der Waals surface area contributed by atoms with Gasteiger partial charge in [-0.2, -0.15) is 0 Å². The molecule has 1 saturated heterocycles. The van der Waals surface area contributed by atoms with Crippen LogP contribution in [0.15, 0.2) is 35.3 Å². The summed E-state index contributed by atoms with van der Waals surface area (Å²) in [6.45, 7) is 8.57. The van der Waals surface area contributed by atoms with Gasteiger partial charge in [0.1, 0.15) is 6.54 Å². The largest absolute Gasteiger partial charge is 0.357 e. The first-order valence-corrected chi connectivity index (χ1v) is 9.33. The summed E-state index contributed by atoms with van der Waals surface area (Å²) in [7, 11) is 0. The van der Waals surface area contributed by atoms with Crippen LogP contribution in [0.3, 0.4) is 0 Å². The molecular formula is C19H31N5O. The van der Waals surface area contributed by atoms with E-state index in [4.69, 9.17) is 0 Å². The fourth-order valence-corrected chi connectivity index (χ4v) is 3.00. The molecule has 0 radical (unpaired) electrons. The fourth-order valence-electron chi connectivity index (χ4n) is 3.00. The van der Waals surface area contributed by atoms with Crippen LogP contribution >= 0.6 is 0 Å². The number of carbonyl (C=O) groups is 1. The molecule has 3 N–H and O–H groups in total. The number of guanidine groups is 1. The van der Waals surface area contributed by atoms with Crippen LogP contribution in [-0.2, 0) is 4.79 Å². The first-order valence-electron chi connectivity index (χ1n) is 9.33. The topological polar surface area (TPSA) is 68.8 Å². The molecule has 0 aromatic heterocycles. The van der Waals surface area contributed by atoms with Gasteiger partial charge in [-0.25, -0.2) is 4.99 Å². The molecule has 1 aromatic rings. The maximum Gasteiger partial charge on any atom is 0.246 e. The van der Waals surface area contributed by atoms with Crippen molar-refractivity contribution in [1.29, 1.82) is 0 Å². The molecule has 0 unspecified atom stereocenters. The molecule has 0 atom stereocenters. The van der Waals surface area contributed by atoms with Crippen molar-refractivity contribution in [3.8, 4) is 0 Å². The van der Waals surface area contributed by atoms with E-state index in [-0.39, 0.29) is 12.5 Å². The molecule has 2 rings (SSSR count). The second-order valence-corrected chi connectivity index (χ2v) is 6.37. The molecule has 0 saturated carbocycles. The Morgan fingerprint density at radius 3 is 2.56 bits per heavy atom. The molecule has 0 spiro atoms. The third kappa shape index (κ3) is 7.13. The van der Waals surface area contributed by atoms with Crippen molar-refractivity contribution in [3.05, 3.63) is 30.3 Å². The molecule has 6 heteroatoms. The van der Waals surface area contributed by atoms with E-state index in [1.165, 1.54) is 13.0 Å². The fraction of sp³-hybridized carbons (Fsp3) is 0.579. The third-order valence-electron chi connectivity index (χ3n) is 4.25. The predicted octanol–water partition coefficient (Wildman–Crippen LogP) is 2.05. The smallest absolute Gasteiger partial charge is 0.246 e. The monoisotopic (exact) mass is 345 g/mol. The van der Waals surface area contributed by atoms with E-state index in [2.05, 4.69) is 32.8 Å². The number of hydrogen-bond acceptors (Lipinski definition) is 3. The van der Waals surface area contributed by atoms with Crippen LogP contribution in [0.5, 0.6) is 0 Å². The van der Waals surface area contributed by atoms with E-state index in [1.54, 1.807) is 0 Å². The quantitative estimate of drug-likeness (QED) is 0.523. The minimum atomic E-state index is -0.110. The summed E-state index contributed by atoms with van der Waals surface area (Å²) in [5.74, 6) is 0.612. The normalized spacial score (nSPS) is 16.5. The van der Waals surface area contributed by atoms with E-state index in [9.17, 15) is 4.79 Å². The van der Waals surface area contributed by atoms with Gasteiger partial charge in [0.25, 0.3) is 0 Å². The van der Waals surface area contributed by atoms with Gasteiger partial charge in [0, 0.05) is 31.4 Å². The summed E-state index contributed by atoms with van der Waals surface area (Å²) in [5.41, 5.74) is 0.795. The Hall–Kier alpha value is -2.08. The lowest BCUT2D eigenvalue weighted by Gasteiger charge is -2.32. The molecule has 1 amide bonds. The lowest BCUT2D eigenvalue weighted by atomic mass is 10.1. The number of benzene rings is 1. The van der Waals surface area contributed by atoms with Crippen molar-refractivity contribution in [2.75, 3.05) is 38.0 Å². The van der Waals surface area contributed by atoms with E-state index in [1.807, 2.05) is 37.3 Å². The molecule has 138 valence electrons. The predicted molar refractivity (Wildman–Crippen MR) is 104 cm³/mol. The molecule has 1 aromatic carbocycles. The Labute approximate surface area is 151 Å². The molecular weight excluding hydrogens is 314 g/mol. The highest BCUT2D eigenvalue weighted by molar-refractivity contribution is 5.94. The van der Waals surface area contributed by atoms with Crippen LogP contribution in [0.25, 0.3) is 0 Å². The van der Waals surface area contributed by atoms with Crippen LogP contribution in [0.1, 0.15) is 33.1 Å². The third-order valence-corrected chi connectivity index (χ3v) is 4.25. The summed E-state index contributed by atoms with van der Waals surface area (Å²) in [5, 5.41) is 9.56. The van der Waals surface area contributed by atoms with Crippen molar-refractivity contribution in [3.63, 3.8) is 0 Å². The standard InChI is InChI=1S/C19H31N5O/c1-3-12-24-13-10-17(11-14-24)23-19(20-4-2)21-15-18(25)22-16-8-6-5-7-9-16/h5-9,17H,3-4,10-15H2,1-2H3,(H,22,25)(H2,20,21,23). The van der Waals surface area contributed by atoms with Gasteiger partial charge < -0.3 is 20.9 Å². The van der Waals surface area contributed by atoms with Crippen LogP contribution in [0.4, 0.5) is 5.69 Å². The molecule has 25 heavy (non-hydrogen) atoms. The van der Waals surface area contributed by atoms with Crippen LogP contribution in [0, 0.1) is 0 Å². The minimum Gasteiger partial charge on any atom is -0.357 e. The molecule has 1 aliphatic rings. The second kappa shape index (κ2) is 10.7. The number of nitrogens with zero attached hydrogens (tertiary/aromatic N) is 2. The number of piperidine rings is 1. The highest BCUT2D eigenvalue weighted by atomic mass is 16.1. The van der Waals surface area contributed by atoms with E-state index >= 15 is 0 Å². The van der Waals surface area contributed by atoms with Gasteiger partial charge in [0.05, 0.1) is 0 Å². The highest BCUT2D eigenvalue weighted by Crippen LogP contribution is 2.10. The molecule has 1 aliphatic heterocycles. The first-order chi connectivity index (χ1) is 12.2. The highest BCUT2D eigenvalue weighted by Gasteiger charge is 2.19. The zero-order valence-corrected chi connectivity index (χ0v) is 15.4. The van der Waals surface area contributed by atoms with Crippen molar-refractivity contribution < 1.29 is 4.79 Å². The van der Waals surface area contributed by atoms with Crippen molar-refractivity contribution in [2.24, 2.45) is 4.99 Å². The van der Waals surface area contributed by atoms with Gasteiger partial charge in [0.15, 0.2) is 5.96 Å². The number of anilines is 1. The number of para-hydroxylation sites is 1. The molecule has 1 heterocycles. The van der Waals surface area contributed by atoms with Gasteiger partial charge in [-0.15, -0.1) is 0 Å². The van der Waals surface area contributed by atoms with Gasteiger partial charge in [-0.1, -0.05) is 25.1 Å². The average molecular weight is 345 g/mol. The molecule has 6 nitrogen and oxygen atoms in total. The lowest BCUT2D eigenvalue weighted by molar-refractivity contribution is -0.114. The lowest BCUT2D eigenvalue weighted by Crippen LogP contribution is -2.49. The summed E-state index contributed by atoms with van der Waals surface area (Å²) in [6, 6.07) is 9.88. The molecule has 0 bridgehead atoms. The van der Waals surface area contributed by atoms with Crippen molar-refractivity contribution in [2.45, 2.75) is 39.2 Å². The van der Waals surface area contributed by atoms with E-state index in [0.29, 0.717) is 6.04 Å². The number of amides is 1.